The van der Waals surface area contributed by atoms with Crippen molar-refractivity contribution in [3.63, 3.8) is 0 Å². The van der Waals surface area contributed by atoms with Crippen molar-refractivity contribution in [3.05, 3.63) is 59.7 Å². The molecule has 0 spiro atoms. The van der Waals surface area contributed by atoms with Crippen LogP contribution < -0.4 is 10.3 Å². The summed E-state index contributed by atoms with van der Waals surface area (Å²) in [6.07, 6.45) is 0. The van der Waals surface area contributed by atoms with Gasteiger partial charge in [0.15, 0.2) is 5.78 Å². The molecule has 2 aromatic carbocycles. The van der Waals surface area contributed by atoms with Crippen LogP contribution in [0.5, 0.6) is 0 Å². The zero-order valence-corrected chi connectivity index (χ0v) is 18.6. The maximum Gasteiger partial charge on any atom is 0.356 e. The number of nitrogens with zero attached hydrogens (tertiary/aromatic N) is 3. The van der Waals surface area contributed by atoms with E-state index in [1.807, 2.05) is 54.0 Å². The van der Waals surface area contributed by atoms with Crippen molar-refractivity contribution < 1.29 is 9.36 Å². The Hall–Kier alpha value is -2.18. The third-order valence-electron chi connectivity index (χ3n) is 5.23. The Morgan fingerprint density at radius 2 is 1.71 bits per heavy atom. The molecule has 3 aromatic rings. The van der Waals surface area contributed by atoms with Gasteiger partial charge in [-0.15, -0.1) is 17.0 Å². The van der Waals surface area contributed by atoms with Gasteiger partial charge in [0.2, 0.25) is 0 Å². The van der Waals surface area contributed by atoms with E-state index in [4.69, 9.17) is 5.73 Å². The summed E-state index contributed by atoms with van der Waals surface area (Å²) in [6, 6.07) is 15.8. The Morgan fingerprint density at radius 3 is 2.36 bits per heavy atom. The molecule has 0 atom stereocenters. The number of imidazole rings is 1. The molecule has 0 aliphatic rings. The number of hydrogen-bond donors (Lipinski definition) is 1. The fraction of sp³-hybridized carbons (Fsp3) is 0.364. The van der Waals surface area contributed by atoms with Crippen molar-refractivity contribution in [2.24, 2.45) is 0 Å². The zero-order valence-electron chi connectivity index (χ0n) is 16.9. The van der Waals surface area contributed by atoms with E-state index >= 15 is 0 Å². The third kappa shape index (κ3) is 4.62. The third-order valence-corrected chi connectivity index (χ3v) is 5.23. The first kappa shape index (κ1) is 22.1. The van der Waals surface area contributed by atoms with Crippen LogP contribution in [0.25, 0.3) is 11.0 Å². The summed E-state index contributed by atoms with van der Waals surface area (Å²) in [6.45, 7) is 10.4. The van der Waals surface area contributed by atoms with E-state index in [2.05, 4.69) is 29.4 Å². The number of nitrogen functional groups attached to an aromatic ring is 1. The lowest BCUT2D eigenvalue weighted by molar-refractivity contribution is -0.642. The summed E-state index contributed by atoms with van der Waals surface area (Å²) in [4.78, 5) is 15.2. The Bertz CT molecular complexity index is 930. The van der Waals surface area contributed by atoms with Gasteiger partial charge in [-0.3, -0.25) is 10.5 Å². The number of anilines is 1. The maximum atomic E-state index is 12.8. The van der Waals surface area contributed by atoms with Gasteiger partial charge >= 0.3 is 5.95 Å². The van der Waals surface area contributed by atoms with Crippen LogP contribution >= 0.6 is 17.0 Å². The first-order valence-electron chi connectivity index (χ1n) is 9.63. The van der Waals surface area contributed by atoms with Crippen LogP contribution in [0, 0.1) is 6.92 Å². The lowest BCUT2D eigenvalue weighted by Gasteiger charge is -2.17. The highest BCUT2D eigenvalue weighted by molar-refractivity contribution is 8.93. The predicted octanol–water partition coefficient (Wildman–Crippen LogP) is 3.62. The molecule has 0 aliphatic carbocycles. The fourth-order valence-electron chi connectivity index (χ4n) is 3.47. The van der Waals surface area contributed by atoms with E-state index in [1.54, 1.807) is 0 Å². The molecule has 3 rings (SSSR count). The van der Waals surface area contributed by atoms with Crippen LogP contribution in [0.2, 0.25) is 0 Å². The number of fused-ring (bicyclic) bond motifs is 1. The van der Waals surface area contributed by atoms with E-state index in [0.29, 0.717) is 11.5 Å². The molecule has 0 fully saturated rings. The standard InChI is InChI=1S/C22H28N4O.BrH/c1-4-24(5-2)14-15-25-19-8-6-7-9-20(19)26(22(25)23)16-21(27)18-12-10-17(3)11-13-18;/h6-13,23H,4-5,14-16H2,1-3H3;1H/p+1. The molecule has 1 aromatic heterocycles. The van der Waals surface area contributed by atoms with E-state index < -0.39 is 0 Å². The van der Waals surface area contributed by atoms with Crippen molar-refractivity contribution in [1.82, 2.24) is 9.47 Å². The monoisotopic (exact) mass is 445 g/mol. The number of Topliss-reactive ketones (excluding diaryl/α,β-unsaturated/α-hetero) is 1. The Morgan fingerprint density at radius 1 is 1.07 bits per heavy atom. The Balaban J connectivity index is 0.00000280. The van der Waals surface area contributed by atoms with E-state index in [9.17, 15) is 4.79 Å². The molecule has 150 valence electrons. The van der Waals surface area contributed by atoms with E-state index in [-0.39, 0.29) is 29.3 Å². The minimum Gasteiger partial charge on any atom is -0.301 e. The first-order chi connectivity index (χ1) is 13.0. The van der Waals surface area contributed by atoms with Crippen molar-refractivity contribution in [2.45, 2.75) is 33.9 Å². The summed E-state index contributed by atoms with van der Waals surface area (Å²) >= 11 is 0. The molecule has 5 nitrogen and oxygen atoms in total. The highest BCUT2D eigenvalue weighted by Gasteiger charge is 2.23. The normalized spacial score (nSPS) is 11.0. The lowest BCUT2D eigenvalue weighted by atomic mass is 10.1. The average Bonchev–Trinajstić information content (AvgIpc) is 2.95. The number of nitrogens with two attached hydrogens (primary N) is 1. The number of carbonyl (C=O) groups is 1. The summed E-state index contributed by atoms with van der Waals surface area (Å²) in [5.41, 5.74) is 10.4. The Kier molecular flexibility index (Phi) is 7.78. The molecular formula is C22H30BrN4O+. The van der Waals surface area contributed by atoms with Gasteiger partial charge < -0.3 is 4.90 Å². The molecule has 28 heavy (non-hydrogen) atoms. The second-order valence-corrected chi connectivity index (χ2v) is 6.90. The van der Waals surface area contributed by atoms with Gasteiger partial charge in [0, 0.05) is 12.1 Å². The molecular weight excluding hydrogens is 416 g/mol. The quantitative estimate of drug-likeness (QED) is 0.425. The zero-order chi connectivity index (χ0) is 19.4. The van der Waals surface area contributed by atoms with Gasteiger partial charge in [-0.05, 0) is 32.1 Å². The SMILES string of the molecule is Br.CCN(CC)CCn1c(N)[n+](CC(=O)c2ccc(C)cc2)c2ccccc21. The highest BCUT2D eigenvalue weighted by atomic mass is 79.9. The van der Waals surface area contributed by atoms with E-state index in [0.717, 1.165) is 42.8 Å². The molecule has 0 aliphatic heterocycles. The molecule has 0 amide bonds. The summed E-state index contributed by atoms with van der Waals surface area (Å²) in [5, 5.41) is 0. The largest absolute Gasteiger partial charge is 0.356 e. The predicted molar refractivity (Wildman–Crippen MR) is 120 cm³/mol. The first-order valence-corrected chi connectivity index (χ1v) is 9.63. The summed E-state index contributed by atoms with van der Waals surface area (Å²) < 4.78 is 4.05. The summed E-state index contributed by atoms with van der Waals surface area (Å²) in [7, 11) is 0. The summed E-state index contributed by atoms with van der Waals surface area (Å²) in [5.74, 6) is 0.696. The van der Waals surface area contributed by atoms with Crippen molar-refractivity contribution in [3.8, 4) is 0 Å². The van der Waals surface area contributed by atoms with Crippen LogP contribution in [0.1, 0.15) is 29.8 Å². The van der Waals surface area contributed by atoms with Crippen LogP contribution in [-0.2, 0) is 13.1 Å². The molecule has 0 saturated carbocycles. The van der Waals surface area contributed by atoms with Crippen molar-refractivity contribution in [2.75, 3.05) is 25.4 Å². The molecule has 0 unspecified atom stereocenters. The van der Waals surface area contributed by atoms with Crippen molar-refractivity contribution >= 4 is 39.7 Å². The molecule has 2 N–H and O–H groups in total. The van der Waals surface area contributed by atoms with Gasteiger partial charge in [-0.1, -0.05) is 55.8 Å². The second kappa shape index (κ2) is 9.85. The number of aryl methyl sites for hydroxylation is 1. The molecule has 0 radical (unpaired) electrons. The van der Waals surface area contributed by atoms with Crippen LogP contribution in [0.3, 0.4) is 0 Å². The second-order valence-electron chi connectivity index (χ2n) is 6.90. The van der Waals surface area contributed by atoms with Gasteiger partial charge in [0.1, 0.15) is 17.6 Å². The number of hydrogen-bond acceptors (Lipinski definition) is 3. The molecule has 0 saturated heterocycles. The minimum absolute atomic E-state index is 0. The number of aromatic nitrogens is 2. The van der Waals surface area contributed by atoms with Crippen molar-refractivity contribution in [1.29, 1.82) is 0 Å². The maximum absolute atomic E-state index is 12.8. The van der Waals surface area contributed by atoms with Gasteiger partial charge in [-0.25, -0.2) is 9.13 Å². The van der Waals surface area contributed by atoms with Crippen LogP contribution in [0.4, 0.5) is 5.95 Å². The number of likely N-dealkylation sites (N-methyl/N-ethyl adjacent to an activating group) is 1. The minimum atomic E-state index is 0. The number of halogens is 1. The number of ketones is 1. The topological polar surface area (TPSA) is 55.1 Å². The molecule has 1 heterocycles. The lowest BCUT2D eigenvalue weighted by Crippen LogP contribution is -2.40. The van der Waals surface area contributed by atoms with Crippen LogP contribution in [0.15, 0.2) is 48.5 Å². The number of rotatable bonds is 8. The van der Waals surface area contributed by atoms with Gasteiger partial charge in [-0.2, -0.15) is 0 Å². The van der Waals surface area contributed by atoms with E-state index in [1.165, 1.54) is 0 Å². The molecule has 0 bridgehead atoms. The Labute approximate surface area is 177 Å². The van der Waals surface area contributed by atoms with Crippen LogP contribution in [-0.4, -0.2) is 34.9 Å². The smallest absolute Gasteiger partial charge is 0.301 e. The highest BCUT2D eigenvalue weighted by Crippen LogP contribution is 2.17. The number of benzene rings is 2. The van der Waals surface area contributed by atoms with Gasteiger partial charge in [0.25, 0.3) is 0 Å². The fourth-order valence-corrected chi connectivity index (χ4v) is 3.47. The number of carbonyl (C=O) groups excluding carboxylic acids is 1. The molecule has 6 heteroatoms. The van der Waals surface area contributed by atoms with Gasteiger partial charge in [0.05, 0.1) is 6.54 Å². The average molecular weight is 446 g/mol. The number of para-hydroxylation sites is 2.